The molecule has 0 saturated carbocycles. The number of nitrogens with zero attached hydrogens (tertiary/aromatic N) is 3. The minimum atomic E-state index is 0.164. The quantitative estimate of drug-likeness (QED) is 0.568. The Morgan fingerprint density at radius 2 is 2.27 bits per heavy atom. The second-order valence-corrected chi connectivity index (χ2v) is 3.71. The fourth-order valence-electron chi connectivity index (χ4n) is 1.31. The molecule has 82 valence electrons. The van der Waals surface area contributed by atoms with E-state index in [-0.39, 0.29) is 11.9 Å². The number of nitrogens with one attached hydrogen (secondary N) is 1. The van der Waals surface area contributed by atoms with Crippen LogP contribution in [0.2, 0.25) is 0 Å². The van der Waals surface area contributed by atoms with Gasteiger partial charge >= 0.3 is 0 Å². The van der Waals surface area contributed by atoms with Gasteiger partial charge in [0.15, 0.2) is 0 Å². The maximum absolute atomic E-state index is 7.24. The average Bonchev–Trinajstić information content (AvgIpc) is 2.15. The van der Waals surface area contributed by atoms with Crippen molar-refractivity contribution in [2.45, 2.75) is 26.3 Å². The fraction of sp³-hybridized carbons (Fsp3) is 0.500. The van der Waals surface area contributed by atoms with Crippen molar-refractivity contribution in [3.05, 3.63) is 18.1 Å². The Hall–Kier alpha value is -1.65. The van der Waals surface area contributed by atoms with E-state index >= 15 is 0 Å². The summed E-state index contributed by atoms with van der Waals surface area (Å²) >= 11 is 0. The Morgan fingerprint density at radius 1 is 1.60 bits per heavy atom. The second-order valence-electron chi connectivity index (χ2n) is 3.71. The zero-order valence-electron chi connectivity index (χ0n) is 9.36. The number of hydrogen-bond donors (Lipinski definition) is 2. The highest BCUT2D eigenvalue weighted by Gasteiger charge is 2.12. The molecular formula is C10H17N5. The summed E-state index contributed by atoms with van der Waals surface area (Å²) in [5.74, 6) is 1.05. The molecule has 0 aromatic carbocycles. The molecule has 0 spiro atoms. The van der Waals surface area contributed by atoms with Gasteiger partial charge < -0.3 is 10.6 Å². The monoisotopic (exact) mass is 207 g/mol. The molecule has 1 aromatic heterocycles. The first-order chi connectivity index (χ1) is 7.00. The molecule has 1 aromatic rings. The van der Waals surface area contributed by atoms with Gasteiger partial charge in [-0.15, -0.1) is 0 Å². The highest BCUT2D eigenvalue weighted by Crippen LogP contribution is 2.13. The standard InChI is InChI=1S/C10H17N5/c1-7-4-10(14-6-13-7)15(3)8(2)5-9(11)12/h4,6,8H,5H2,1-3H3,(H3,11,12). The molecule has 1 atom stereocenters. The lowest BCUT2D eigenvalue weighted by Crippen LogP contribution is -2.33. The average molecular weight is 207 g/mol. The third kappa shape index (κ3) is 3.19. The largest absolute Gasteiger partial charge is 0.388 e. The van der Waals surface area contributed by atoms with Crippen LogP contribution in [0.5, 0.6) is 0 Å². The molecule has 0 fully saturated rings. The van der Waals surface area contributed by atoms with Gasteiger partial charge in [-0.1, -0.05) is 0 Å². The summed E-state index contributed by atoms with van der Waals surface area (Å²) in [6, 6.07) is 2.08. The van der Waals surface area contributed by atoms with Crippen LogP contribution in [0.15, 0.2) is 12.4 Å². The third-order valence-corrected chi connectivity index (χ3v) is 2.33. The topological polar surface area (TPSA) is 78.9 Å². The van der Waals surface area contributed by atoms with E-state index in [1.165, 1.54) is 0 Å². The summed E-state index contributed by atoms with van der Waals surface area (Å²) in [5.41, 5.74) is 6.30. The lowest BCUT2D eigenvalue weighted by Gasteiger charge is -2.25. The van der Waals surface area contributed by atoms with Crippen LogP contribution in [-0.4, -0.2) is 28.9 Å². The molecule has 3 N–H and O–H groups in total. The molecule has 0 bridgehead atoms. The molecule has 0 radical (unpaired) electrons. The maximum atomic E-state index is 7.24. The predicted molar refractivity (Wildman–Crippen MR) is 61.2 cm³/mol. The van der Waals surface area contributed by atoms with E-state index < -0.39 is 0 Å². The second kappa shape index (κ2) is 4.72. The Morgan fingerprint density at radius 3 is 2.80 bits per heavy atom. The minimum Gasteiger partial charge on any atom is -0.388 e. The number of rotatable bonds is 4. The fourth-order valence-corrected chi connectivity index (χ4v) is 1.31. The van der Waals surface area contributed by atoms with Crippen LogP contribution in [0.4, 0.5) is 5.82 Å². The molecule has 5 nitrogen and oxygen atoms in total. The molecule has 0 amide bonds. The van der Waals surface area contributed by atoms with Gasteiger partial charge in [0, 0.05) is 31.3 Å². The van der Waals surface area contributed by atoms with Crippen molar-refractivity contribution in [1.82, 2.24) is 9.97 Å². The number of anilines is 1. The van der Waals surface area contributed by atoms with Crippen LogP contribution < -0.4 is 10.6 Å². The van der Waals surface area contributed by atoms with Crippen molar-refractivity contribution in [3.63, 3.8) is 0 Å². The highest BCUT2D eigenvalue weighted by molar-refractivity contribution is 5.77. The van der Waals surface area contributed by atoms with Crippen LogP contribution in [0, 0.1) is 12.3 Å². The van der Waals surface area contributed by atoms with E-state index in [0.29, 0.717) is 6.42 Å². The van der Waals surface area contributed by atoms with E-state index in [1.54, 1.807) is 6.33 Å². The normalized spacial score (nSPS) is 12.2. The van der Waals surface area contributed by atoms with Crippen molar-refractivity contribution in [1.29, 1.82) is 5.41 Å². The summed E-state index contributed by atoms with van der Waals surface area (Å²) in [4.78, 5) is 10.2. The van der Waals surface area contributed by atoms with Gasteiger partial charge in [-0.25, -0.2) is 9.97 Å². The van der Waals surface area contributed by atoms with Gasteiger partial charge in [-0.3, -0.25) is 5.41 Å². The first kappa shape index (κ1) is 11.4. The van der Waals surface area contributed by atoms with Crippen LogP contribution in [0.1, 0.15) is 19.0 Å². The molecule has 1 rings (SSSR count). The molecule has 1 unspecified atom stereocenters. The van der Waals surface area contributed by atoms with Crippen LogP contribution >= 0.6 is 0 Å². The summed E-state index contributed by atoms with van der Waals surface area (Å²) < 4.78 is 0. The smallest absolute Gasteiger partial charge is 0.132 e. The maximum Gasteiger partial charge on any atom is 0.132 e. The van der Waals surface area contributed by atoms with Crippen LogP contribution in [-0.2, 0) is 0 Å². The molecule has 1 heterocycles. The van der Waals surface area contributed by atoms with Crippen molar-refractivity contribution in [2.24, 2.45) is 5.73 Å². The number of nitrogens with two attached hydrogens (primary N) is 1. The molecule has 0 aliphatic carbocycles. The van der Waals surface area contributed by atoms with Gasteiger partial charge in [0.1, 0.15) is 12.1 Å². The van der Waals surface area contributed by atoms with Gasteiger partial charge in [-0.05, 0) is 13.8 Å². The zero-order valence-corrected chi connectivity index (χ0v) is 9.36. The van der Waals surface area contributed by atoms with Crippen molar-refractivity contribution < 1.29 is 0 Å². The number of aryl methyl sites for hydroxylation is 1. The van der Waals surface area contributed by atoms with Gasteiger partial charge in [0.2, 0.25) is 0 Å². The Bertz CT molecular complexity index is 349. The molecule has 0 aliphatic heterocycles. The lowest BCUT2D eigenvalue weighted by atomic mass is 10.2. The van der Waals surface area contributed by atoms with Gasteiger partial charge in [0.05, 0.1) is 5.84 Å². The Kier molecular flexibility index (Phi) is 3.60. The molecular weight excluding hydrogens is 190 g/mol. The predicted octanol–water partition coefficient (Wildman–Crippen LogP) is 0.936. The van der Waals surface area contributed by atoms with Crippen molar-refractivity contribution in [2.75, 3.05) is 11.9 Å². The summed E-state index contributed by atoms with van der Waals surface area (Å²) in [7, 11) is 1.94. The lowest BCUT2D eigenvalue weighted by molar-refractivity contribution is 0.698. The highest BCUT2D eigenvalue weighted by atomic mass is 15.2. The molecule has 0 aliphatic rings. The summed E-state index contributed by atoms with van der Waals surface area (Å²) in [6.45, 7) is 3.94. The SMILES string of the molecule is Cc1cc(N(C)C(C)CC(=N)N)ncn1. The van der Waals surface area contributed by atoms with Crippen LogP contribution in [0.25, 0.3) is 0 Å². The van der Waals surface area contributed by atoms with E-state index in [2.05, 4.69) is 9.97 Å². The van der Waals surface area contributed by atoms with Crippen molar-refractivity contribution in [3.8, 4) is 0 Å². The van der Waals surface area contributed by atoms with E-state index in [1.807, 2.05) is 31.9 Å². The minimum absolute atomic E-state index is 0.164. The first-order valence-electron chi connectivity index (χ1n) is 4.85. The summed E-state index contributed by atoms with van der Waals surface area (Å²) in [5, 5.41) is 7.24. The van der Waals surface area contributed by atoms with Crippen LogP contribution in [0.3, 0.4) is 0 Å². The van der Waals surface area contributed by atoms with E-state index in [4.69, 9.17) is 11.1 Å². The summed E-state index contributed by atoms with van der Waals surface area (Å²) in [6.07, 6.45) is 2.08. The third-order valence-electron chi connectivity index (χ3n) is 2.33. The van der Waals surface area contributed by atoms with Gasteiger partial charge in [0.25, 0.3) is 0 Å². The Labute approximate surface area is 89.8 Å². The number of amidine groups is 1. The Balaban J connectivity index is 2.75. The zero-order chi connectivity index (χ0) is 11.4. The van der Waals surface area contributed by atoms with Crippen molar-refractivity contribution >= 4 is 11.7 Å². The van der Waals surface area contributed by atoms with E-state index in [9.17, 15) is 0 Å². The molecule has 5 heteroatoms. The molecule has 15 heavy (non-hydrogen) atoms. The molecule has 0 saturated heterocycles. The van der Waals surface area contributed by atoms with E-state index in [0.717, 1.165) is 11.5 Å². The van der Waals surface area contributed by atoms with Gasteiger partial charge in [-0.2, -0.15) is 0 Å². The number of aromatic nitrogens is 2. The first-order valence-corrected chi connectivity index (χ1v) is 4.85. The number of hydrogen-bond acceptors (Lipinski definition) is 4.